The lowest BCUT2D eigenvalue weighted by Crippen LogP contribution is -2.37. The molecule has 0 saturated carbocycles. The van der Waals surface area contributed by atoms with Crippen molar-refractivity contribution in [3.05, 3.63) is 30.6 Å². The minimum atomic E-state index is 0.545. The molecule has 0 aliphatic carbocycles. The standard InChI is InChI=1S/C17H25N3S/c1-4-9-15(18-6-3)16(5-2)21-17-13-10-7-8-11-14(13)19-12-20-17/h7-8,10-12,15-16,18H,4-6,9H2,1-3H3. The van der Waals surface area contributed by atoms with Crippen LogP contribution >= 0.6 is 11.8 Å². The summed E-state index contributed by atoms with van der Waals surface area (Å²) in [6.07, 6.45) is 5.24. The Bertz CT molecular complexity index is 547. The molecule has 2 rings (SSSR count). The fourth-order valence-corrected chi connectivity index (χ4v) is 3.92. The van der Waals surface area contributed by atoms with Crippen LogP contribution in [0.4, 0.5) is 0 Å². The summed E-state index contributed by atoms with van der Waals surface area (Å²) in [4.78, 5) is 8.87. The first-order valence-electron chi connectivity index (χ1n) is 7.89. The highest BCUT2D eigenvalue weighted by atomic mass is 32.2. The summed E-state index contributed by atoms with van der Waals surface area (Å²) in [7, 11) is 0. The zero-order valence-electron chi connectivity index (χ0n) is 13.2. The van der Waals surface area contributed by atoms with Crippen molar-refractivity contribution >= 4 is 22.7 Å². The lowest BCUT2D eigenvalue weighted by molar-refractivity contribution is 0.465. The first kappa shape index (κ1) is 16.2. The topological polar surface area (TPSA) is 37.8 Å². The Morgan fingerprint density at radius 3 is 2.67 bits per heavy atom. The summed E-state index contributed by atoms with van der Waals surface area (Å²) in [5.74, 6) is 0. The highest BCUT2D eigenvalue weighted by Gasteiger charge is 2.21. The van der Waals surface area contributed by atoms with Gasteiger partial charge in [0.25, 0.3) is 0 Å². The summed E-state index contributed by atoms with van der Waals surface area (Å²) >= 11 is 1.89. The molecule has 0 bridgehead atoms. The molecule has 2 atom stereocenters. The predicted molar refractivity (Wildman–Crippen MR) is 91.8 cm³/mol. The molecular weight excluding hydrogens is 278 g/mol. The highest BCUT2D eigenvalue weighted by Crippen LogP contribution is 2.31. The summed E-state index contributed by atoms with van der Waals surface area (Å²) in [5.41, 5.74) is 1.03. The fourth-order valence-electron chi connectivity index (χ4n) is 2.66. The zero-order chi connectivity index (χ0) is 15.1. The van der Waals surface area contributed by atoms with Gasteiger partial charge < -0.3 is 5.32 Å². The molecule has 1 aromatic carbocycles. The van der Waals surface area contributed by atoms with E-state index < -0.39 is 0 Å². The van der Waals surface area contributed by atoms with E-state index in [0.717, 1.165) is 28.9 Å². The Hall–Kier alpha value is -1.13. The molecular formula is C17H25N3S. The molecule has 0 aliphatic heterocycles. The number of fused-ring (bicyclic) bond motifs is 1. The second kappa shape index (κ2) is 8.35. The van der Waals surface area contributed by atoms with Crippen molar-refractivity contribution in [3.8, 4) is 0 Å². The van der Waals surface area contributed by atoms with Crippen LogP contribution in [0.25, 0.3) is 10.9 Å². The maximum Gasteiger partial charge on any atom is 0.117 e. The number of aromatic nitrogens is 2. The van der Waals surface area contributed by atoms with Crippen LogP contribution in [-0.4, -0.2) is 27.8 Å². The average Bonchev–Trinajstić information content (AvgIpc) is 2.52. The van der Waals surface area contributed by atoms with Crippen LogP contribution in [0, 0.1) is 0 Å². The van der Waals surface area contributed by atoms with Crippen LogP contribution < -0.4 is 5.32 Å². The molecule has 114 valence electrons. The van der Waals surface area contributed by atoms with Gasteiger partial charge in [-0.3, -0.25) is 0 Å². The van der Waals surface area contributed by atoms with Crippen molar-refractivity contribution in [2.75, 3.05) is 6.54 Å². The number of hydrogen-bond acceptors (Lipinski definition) is 4. The van der Waals surface area contributed by atoms with Gasteiger partial charge in [-0.25, -0.2) is 9.97 Å². The Morgan fingerprint density at radius 1 is 1.14 bits per heavy atom. The van der Waals surface area contributed by atoms with Crippen LogP contribution in [0.3, 0.4) is 0 Å². The molecule has 0 aliphatic rings. The van der Waals surface area contributed by atoms with E-state index in [4.69, 9.17) is 0 Å². The maximum absolute atomic E-state index is 4.52. The van der Waals surface area contributed by atoms with Gasteiger partial charge in [0.05, 0.1) is 5.52 Å². The first-order chi connectivity index (χ1) is 10.3. The zero-order valence-corrected chi connectivity index (χ0v) is 14.0. The summed E-state index contributed by atoms with van der Waals surface area (Å²) in [5, 5.41) is 6.45. The summed E-state index contributed by atoms with van der Waals surface area (Å²) in [6, 6.07) is 8.80. The third-order valence-electron chi connectivity index (χ3n) is 3.69. The summed E-state index contributed by atoms with van der Waals surface area (Å²) in [6.45, 7) is 7.72. The van der Waals surface area contributed by atoms with E-state index in [0.29, 0.717) is 11.3 Å². The van der Waals surface area contributed by atoms with Crippen LogP contribution in [0.15, 0.2) is 35.6 Å². The van der Waals surface area contributed by atoms with E-state index in [2.05, 4.69) is 54.3 Å². The van der Waals surface area contributed by atoms with Gasteiger partial charge in [0.15, 0.2) is 0 Å². The lowest BCUT2D eigenvalue weighted by atomic mass is 10.1. The Kier molecular flexibility index (Phi) is 6.46. The molecule has 2 unspecified atom stereocenters. The number of rotatable bonds is 8. The minimum absolute atomic E-state index is 0.545. The van der Waals surface area contributed by atoms with Gasteiger partial charge in [-0.15, -0.1) is 11.8 Å². The highest BCUT2D eigenvalue weighted by molar-refractivity contribution is 8.00. The molecule has 0 saturated heterocycles. The van der Waals surface area contributed by atoms with Gasteiger partial charge in [0.1, 0.15) is 11.4 Å². The molecule has 2 aromatic rings. The normalized spacial score (nSPS) is 14.2. The molecule has 1 N–H and O–H groups in total. The lowest BCUT2D eigenvalue weighted by Gasteiger charge is -2.26. The number of benzene rings is 1. The fraction of sp³-hybridized carbons (Fsp3) is 0.529. The molecule has 21 heavy (non-hydrogen) atoms. The summed E-state index contributed by atoms with van der Waals surface area (Å²) < 4.78 is 0. The van der Waals surface area contributed by atoms with Crippen LogP contribution in [0.5, 0.6) is 0 Å². The molecule has 1 heterocycles. The SMILES string of the molecule is CCCC(NCC)C(CC)Sc1ncnc2ccccc12. The second-order valence-electron chi connectivity index (χ2n) is 5.21. The predicted octanol–water partition coefficient (Wildman–Crippen LogP) is 4.28. The number of para-hydroxylation sites is 1. The molecule has 0 spiro atoms. The van der Waals surface area contributed by atoms with E-state index in [1.165, 1.54) is 12.8 Å². The Morgan fingerprint density at radius 2 is 1.95 bits per heavy atom. The average molecular weight is 303 g/mol. The largest absolute Gasteiger partial charge is 0.313 e. The van der Waals surface area contributed by atoms with Gasteiger partial charge in [-0.2, -0.15) is 0 Å². The first-order valence-corrected chi connectivity index (χ1v) is 8.77. The van der Waals surface area contributed by atoms with Gasteiger partial charge in [0, 0.05) is 16.7 Å². The Labute approximate surface area is 132 Å². The van der Waals surface area contributed by atoms with Crippen molar-refractivity contribution < 1.29 is 0 Å². The smallest absolute Gasteiger partial charge is 0.117 e. The maximum atomic E-state index is 4.52. The van der Waals surface area contributed by atoms with Crippen molar-refractivity contribution in [1.82, 2.24) is 15.3 Å². The third kappa shape index (κ3) is 4.17. The van der Waals surface area contributed by atoms with Gasteiger partial charge in [-0.05, 0) is 25.5 Å². The molecule has 0 amide bonds. The van der Waals surface area contributed by atoms with E-state index in [9.17, 15) is 0 Å². The van der Waals surface area contributed by atoms with Gasteiger partial charge in [-0.1, -0.05) is 45.4 Å². The van der Waals surface area contributed by atoms with Crippen LogP contribution in [0.2, 0.25) is 0 Å². The minimum Gasteiger partial charge on any atom is -0.313 e. The van der Waals surface area contributed by atoms with Gasteiger partial charge in [0.2, 0.25) is 0 Å². The van der Waals surface area contributed by atoms with Crippen LogP contribution in [-0.2, 0) is 0 Å². The molecule has 1 aromatic heterocycles. The number of thioether (sulfide) groups is 1. The van der Waals surface area contributed by atoms with Crippen molar-refractivity contribution in [2.45, 2.75) is 56.4 Å². The van der Waals surface area contributed by atoms with E-state index in [1.54, 1.807) is 6.33 Å². The quantitative estimate of drug-likeness (QED) is 0.583. The van der Waals surface area contributed by atoms with Crippen molar-refractivity contribution in [1.29, 1.82) is 0 Å². The number of nitrogens with one attached hydrogen (secondary N) is 1. The monoisotopic (exact) mass is 303 g/mol. The molecule has 3 nitrogen and oxygen atoms in total. The number of hydrogen-bond donors (Lipinski definition) is 1. The Balaban J connectivity index is 2.23. The molecule has 4 heteroatoms. The second-order valence-corrected chi connectivity index (χ2v) is 6.44. The van der Waals surface area contributed by atoms with Crippen molar-refractivity contribution in [2.24, 2.45) is 0 Å². The molecule has 0 radical (unpaired) electrons. The third-order valence-corrected chi connectivity index (χ3v) is 5.20. The van der Waals surface area contributed by atoms with E-state index in [-0.39, 0.29) is 0 Å². The number of nitrogens with zero attached hydrogens (tertiary/aromatic N) is 2. The van der Waals surface area contributed by atoms with Crippen molar-refractivity contribution in [3.63, 3.8) is 0 Å². The molecule has 0 fully saturated rings. The van der Waals surface area contributed by atoms with Crippen LogP contribution in [0.1, 0.15) is 40.0 Å². The van der Waals surface area contributed by atoms with Gasteiger partial charge >= 0.3 is 0 Å². The van der Waals surface area contributed by atoms with E-state index in [1.807, 2.05) is 17.8 Å². The van der Waals surface area contributed by atoms with E-state index >= 15 is 0 Å².